The predicted octanol–water partition coefficient (Wildman–Crippen LogP) is 1.68. The van der Waals surface area contributed by atoms with Crippen LogP contribution in [-0.4, -0.2) is 33.4 Å². The van der Waals surface area contributed by atoms with E-state index in [1.165, 1.54) is 18.9 Å². The summed E-state index contributed by atoms with van der Waals surface area (Å²) in [6.07, 6.45) is -1.22. The minimum atomic E-state index is -4.12. The molecule has 7 nitrogen and oxygen atoms in total. The number of anilines is 1. The molecule has 1 atom stereocenters. The molecule has 0 radical (unpaired) electrons. The summed E-state index contributed by atoms with van der Waals surface area (Å²) >= 11 is 0. The molecule has 0 spiro atoms. The van der Waals surface area contributed by atoms with Crippen LogP contribution in [0.5, 0.6) is 0 Å². The Labute approximate surface area is 150 Å². The number of hydrogen-bond donors (Lipinski definition) is 1. The molecule has 0 aliphatic carbocycles. The van der Waals surface area contributed by atoms with Crippen LogP contribution in [-0.2, 0) is 19.6 Å². The molecule has 0 aliphatic rings. The summed E-state index contributed by atoms with van der Waals surface area (Å²) < 4.78 is 41.5. The number of amides is 1. The van der Waals surface area contributed by atoms with Gasteiger partial charge in [0.1, 0.15) is 5.82 Å². The summed E-state index contributed by atoms with van der Waals surface area (Å²) in [5, 5.41) is 4.97. The van der Waals surface area contributed by atoms with Crippen LogP contribution in [0.1, 0.15) is 17.3 Å². The van der Waals surface area contributed by atoms with Crippen molar-refractivity contribution in [2.45, 2.75) is 17.9 Å². The van der Waals surface area contributed by atoms with Gasteiger partial charge in [0.15, 0.2) is 6.10 Å². The molecular formula is C17H17FN2O5S. The van der Waals surface area contributed by atoms with Crippen molar-refractivity contribution in [2.75, 3.05) is 11.9 Å². The maximum Gasteiger partial charge on any atom is 0.341 e. The van der Waals surface area contributed by atoms with Crippen molar-refractivity contribution in [3.05, 3.63) is 59.9 Å². The normalized spacial score (nSPS) is 12.3. The van der Waals surface area contributed by atoms with Crippen molar-refractivity contribution >= 4 is 27.6 Å². The minimum absolute atomic E-state index is 0.439. The first kappa shape index (κ1) is 19.5. The number of halogens is 1. The van der Waals surface area contributed by atoms with E-state index in [1.54, 1.807) is 30.3 Å². The molecule has 0 fully saturated rings. The number of para-hydroxylation sites is 1. The zero-order chi connectivity index (χ0) is 19.5. The highest BCUT2D eigenvalue weighted by Crippen LogP contribution is 2.17. The number of nitrogens with zero attached hydrogens (tertiary/aromatic N) is 1. The number of benzene rings is 2. The van der Waals surface area contributed by atoms with Crippen molar-refractivity contribution in [1.82, 2.24) is 0 Å². The zero-order valence-corrected chi connectivity index (χ0v) is 14.9. The predicted molar refractivity (Wildman–Crippen MR) is 92.5 cm³/mol. The smallest absolute Gasteiger partial charge is 0.341 e. The molecule has 0 bridgehead atoms. The number of rotatable bonds is 5. The maximum absolute atomic E-state index is 13.9. The summed E-state index contributed by atoms with van der Waals surface area (Å²) in [5.74, 6) is -2.69. The first-order valence-electron chi connectivity index (χ1n) is 7.47. The van der Waals surface area contributed by atoms with Gasteiger partial charge in [-0.15, -0.1) is 0 Å². The van der Waals surface area contributed by atoms with Gasteiger partial charge in [-0.2, -0.15) is 0 Å². The second-order valence-electron chi connectivity index (χ2n) is 5.47. The molecule has 0 aliphatic heterocycles. The molecule has 0 heterocycles. The van der Waals surface area contributed by atoms with Gasteiger partial charge < -0.3 is 9.64 Å². The van der Waals surface area contributed by atoms with Crippen LogP contribution in [0.2, 0.25) is 0 Å². The lowest BCUT2D eigenvalue weighted by Gasteiger charge is -2.21. The van der Waals surface area contributed by atoms with Crippen molar-refractivity contribution in [3.8, 4) is 0 Å². The third-order valence-corrected chi connectivity index (χ3v) is 4.50. The van der Waals surface area contributed by atoms with Crippen molar-refractivity contribution in [1.29, 1.82) is 0 Å². The van der Waals surface area contributed by atoms with Gasteiger partial charge in [0.2, 0.25) is 10.0 Å². The number of hydrogen-bond acceptors (Lipinski definition) is 5. The Balaban J connectivity index is 2.18. The topological polar surface area (TPSA) is 107 Å². The van der Waals surface area contributed by atoms with Gasteiger partial charge in [0.25, 0.3) is 5.91 Å². The van der Waals surface area contributed by atoms with E-state index < -0.39 is 44.3 Å². The Morgan fingerprint density at radius 1 is 1.15 bits per heavy atom. The number of carbonyl (C=O) groups is 2. The van der Waals surface area contributed by atoms with Crippen LogP contribution in [0.3, 0.4) is 0 Å². The van der Waals surface area contributed by atoms with Crippen LogP contribution < -0.4 is 10.0 Å². The number of ether oxygens (including phenoxy) is 1. The van der Waals surface area contributed by atoms with Crippen molar-refractivity contribution < 1.29 is 27.1 Å². The van der Waals surface area contributed by atoms with Gasteiger partial charge in [-0.05, 0) is 37.3 Å². The molecule has 138 valence electrons. The van der Waals surface area contributed by atoms with Gasteiger partial charge in [-0.1, -0.05) is 18.2 Å². The molecule has 1 amide bonds. The first-order chi connectivity index (χ1) is 12.1. The fourth-order valence-electron chi connectivity index (χ4n) is 2.16. The fourth-order valence-corrected chi connectivity index (χ4v) is 2.70. The number of nitrogens with two attached hydrogens (primary N) is 1. The van der Waals surface area contributed by atoms with Gasteiger partial charge in [0.05, 0.1) is 10.5 Å². The molecule has 26 heavy (non-hydrogen) atoms. The molecule has 2 rings (SSSR count). The highest BCUT2D eigenvalue weighted by Gasteiger charge is 2.25. The highest BCUT2D eigenvalue weighted by atomic mass is 32.2. The average Bonchev–Trinajstić information content (AvgIpc) is 2.60. The van der Waals surface area contributed by atoms with Crippen LogP contribution in [0.25, 0.3) is 0 Å². The Morgan fingerprint density at radius 3 is 2.35 bits per heavy atom. The molecule has 0 aromatic heterocycles. The summed E-state index contributed by atoms with van der Waals surface area (Å²) in [6.45, 7) is 1.33. The number of carbonyl (C=O) groups excluding carboxylic acids is 2. The summed E-state index contributed by atoms with van der Waals surface area (Å²) in [5.41, 5.74) is -0.0404. The molecule has 2 N–H and O–H groups in total. The van der Waals surface area contributed by atoms with E-state index in [0.717, 1.165) is 18.2 Å². The Bertz CT molecular complexity index is 931. The number of primary sulfonamides is 1. The van der Waals surface area contributed by atoms with E-state index >= 15 is 0 Å². The van der Waals surface area contributed by atoms with Gasteiger partial charge in [-0.25, -0.2) is 22.7 Å². The van der Waals surface area contributed by atoms with E-state index in [-0.39, 0.29) is 0 Å². The Morgan fingerprint density at radius 2 is 1.77 bits per heavy atom. The standard InChI is InChI=1S/C17H17FN2O5S/c1-11(16(21)20(2)12-6-4-3-5-7-12)25-17(22)14-10-13(26(19,23)24)8-9-15(14)18/h3-11H,1-2H3,(H2,19,23,24). The van der Waals surface area contributed by atoms with Crippen LogP contribution in [0.4, 0.5) is 10.1 Å². The van der Waals surface area contributed by atoms with Crippen LogP contribution >= 0.6 is 0 Å². The molecule has 2 aromatic carbocycles. The Hall–Kier alpha value is -2.78. The third-order valence-electron chi connectivity index (χ3n) is 3.59. The fraction of sp³-hybridized carbons (Fsp3) is 0.176. The van der Waals surface area contributed by atoms with Gasteiger partial charge >= 0.3 is 5.97 Å². The lowest BCUT2D eigenvalue weighted by Crippen LogP contribution is -2.37. The lowest BCUT2D eigenvalue weighted by molar-refractivity contribution is -0.126. The van der Waals surface area contributed by atoms with Crippen molar-refractivity contribution in [3.63, 3.8) is 0 Å². The highest BCUT2D eigenvalue weighted by molar-refractivity contribution is 7.89. The molecule has 0 saturated carbocycles. The SMILES string of the molecule is CC(OC(=O)c1cc(S(N)(=O)=O)ccc1F)C(=O)N(C)c1ccccc1. The van der Waals surface area contributed by atoms with E-state index in [2.05, 4.69) is 0 Å². The van der Waals surface area contributed by atoms with E-state index in [1.807, 2.05) is 0 Å². The monoisotopic (exact) mass is 380 g/mol. The summed E-state index contributed by atoms with van der Waals surface area (Å²) in [4.78, 5) is 25.4. The molecule has 2 aromatic rings. The quantitative estimate of drug-likeness (QED) is 0.794. The second-order valence-corrected chi connectivity index (χ2v) is 7.03. The molecule has 1 unspecified atom stereocenters. The Kier molecular flexibility index (Phi) is 5.73. The van der Waals surface area contributed by atoms with E-state index in [9.17, 15) is 22.4 Å². The van der Waals surface area contributed by atoms with E-state index in [4.69, 9.17) is 9.88 Å². The van der Waals surface area contributed by atoms with Gasteiger partial charge in [0, 0.05) is 12.7 Å². The largest absolute Gasteiger partial charge is 0.449 e. The van der Waals surface area contributed by atoms with Crippen LogP contribution in [0.15, 0.2) is 53.4 Å². The van der Waals surface area contributed by atoms with Crippen molar-refractivity contribution in [2.24, 2.45) is 5.14 Å². The maximum atomic E-state index is 13.9. The van der Waals surface area contributed by atoms with Crippen LogP contribution in [0, 0.1) is 5.82 Å². The molecule has 0 saturated heterocycles. The summed E-state index contributed by atoms with van der Waals surface area (Å²) in [6, 6.07) is 11.1. The number of likely N-dealkylation sites (N-methyl/N-ethyl adjacent to an activating group) is 1. The number of esters is 1. The van der Waals surface area contributed by atoms with Gasteiger partial charge in [-0.3, -0.25) is 4.79 Å². The van der Waals surface area contributed by atoms with E-state index in [0.29, 0.717) is 5.69 Å². The zero-order valence-electron chi connectivity index (χ0n) is 14.0. The molecule has 9 heteroatoms. The minimum Gasteiger partial charge on any atom is -0.449 e. The lowest BCUT2D eigenvalue weighted by atomic mass is 10.2. The third kappa shape index (κ3) is 4.44. The first-order valence-corrected chi connectivity index (χ1v) is 9.02. The average molecular weight is 380 g/mol. The number of sulfonamides is 1. The second kappa shape index (κ2) is 7.63. The molecular weight excluding hydrogens is 363 g/mol. The summed E-state index contributed by atoms with van der Waals surface area (Å²) in [7, 11) is -2.62.